The molecule has 0 spiro atoms. The van der Waals surface area contributed by atoms with E-state index in [0.717, 1.165) is 12.2 Å². The minimum atomic E-state index is -0.558. The van der Waals surface area contributed by atoms with Crippen LogP contribution in [0.15, 0.2) is 40.8 Å². The lowest BCUT2D eigenvalue weighted by Crippen LogP contribution is -2.13. The average Bonchev–Trinajstić information content (AvgIpc) is 3.19. The van der Waals surface area contributed by atoms with Crippen LogP contribution in [0.1, 0.15) is 41.1 Å². The lowest BCUT2D eigenvalue weighted by atomic mass is 10.1. The Morgan fingerprint density at radius 1 is 1.23 bits per heavy atom. The number of carbonyl (C=O) groups excluding carboxylic acids is 2. The van der Waals surface area contributed by atoms with Crippen molar-refractivity contribution >= 4 is 23.6 Å². The van der Waals surface area contributed by atoms with Gasteiger partial charge in [-0.1, -0.05) is 6.92 Å². The Morgan fingerprint density at radius 2 is 2.00 bits per heavy atom. The standard InChI is InChI=1S/C20H21NO5/c1-12-10-15(12)18-8-5-13(26-18)6-9-19(22)21-17-7-4-14(24-2)11-16(17)20(23)25-3/h4-9,11-12,15H,10H2,1-3H3,(H,21,22)/b9-6+. The molecule has 136 valence electrons. The lowest BCUT2D eigenvalue weighted by molar-refractivity contribution is -0.111. The largest absolute Gasteiger partial charge is 0.497 e. The molecule has 1 aromatic carbocycles. The van der Waals surface area contributed by atoms with E-state index in [4.69, 9.17) is 13.9 Å². The maximum Gasteiger partial charge on any atom is 0.340 e. The molecule has 0 aliphatic heterocycles. The predicted octanol–water partition coefficient (Wildman–Crippen LogP) is 3.85. The minimum absolute atomic E-state index is 0.219. The van der Waals surface area contributed by atoms with E-state index >= 15 is 0 Å². The van der Waals surface area contributed by atoms with Gasteiger partial charge in [-0.2, -0.15) is 0 Å². The van der Waals surface area contributed by atoms with E-state index < -0.39 is 5.97 Å². The monoisotopic (exact) mass is 355 g/mol. The van der Waals surface area contributed by atoms with Crippen molar-refractivity contribution in [3.05, 3.63) is 53.5 Å². The number of hydrogen-bond donors (Lipinski definition) is 1. The molecule has 1 aliphatic rings. The van der Waals surface area contributed by atoms with Gasteiger partial charge in [0.25, 0.3) is 0 Å². The molecule has 26 heavy (non-hydrogen) atoms. The van der Waals surface area contributed by atoms with Gasteiger partial charge in [-0.25, -0.2) is 4.79 Å². The molecule has 1 amide bonds. The maximum absolute atomic E-state index is 12.2. The summed E-state index contributed by atoms with van der Waals surface area (Å²) in [4.78, 5) is 24.1. The van der Waals surface area contributed by atoms with E-state index in [1.807, 2.05) is 12.1 Å². The Morgan fingerprint density at radius 3 is 2.65 bits per heavy atom. The molecule has 6 nitrogen and oxygen atoms in total. The molecule has 2 atom stereocenters. The van der Waals surface area contributed by atoms with Crippen molar-refractivity contribution in [2.24, 2.45) is 5.92 Å². The molecule has 1 fully saturated rings. The first kappa shape index (κ1) is 17.8. The van der Waals surface area contributed by atoms with Crippen LogP contribution in [0.3, 0.4) is 0 Å². The zero-order valence-corrected chi connectivity index (χ0v) is 14.9. The molecule has 6 heteroatoms. The predicted molar refractivity (Wildman–Crippen MR) is 97.2 cm³/mol. The van der Waals surface area contributed by atoms with E-state index in [9.17, 15) is 9.59 Å². The van der Waals surface area contributed by atoms with Crippen molar-refractivity contribution in [3.8, 4) is 5.75 Å². The first-order valence-electron chi connectivity index (χ1n) is 8.37. The van der Waals surface area contributed by atoms with Gasteiger partial charge in [0.05, 0.1) is 25.5 Å². The van der Waals surface area contributed by atoms with E-state index in [1.54, 1.807) is 18.2 Å². The third kappa shape index (κ3) is 3.96. The smallest absolute Gasteiger partial charge is 0.340 e. The van der Waals surface area contributed by atoms with Gasteiger partial charge < -0.3 is 19.2 Å². The van der Waals surface area contributed by atoms with Crippen molar-refractivity contribution in [2.45, 2.75) is 19.3 Å². The van der Waals surface area contributed by atoms with Gasteiger partial charge in [0, 0.05) is 12.0 Å². The summed E-state index contributed by atoms with van der Waals surface area (Å²) in [5.74, 6) is 2.30. The molecular weight excluding hydrogens is 334 g/mol. The first-order chi connectivity index (χ1) is 12.5. The summed E-state index contributed by atoms with van der Waals surface area (Å²) < 4.78 is 15.6. The molecule has 2 aromatic rings. The highest BCUT2D eigenvalue weighted by molar-refractivity contribution is 6.06. The Balaban J connectivity index is 1.69. The summed E-state index contributed by atoms with van der Waals surface area (Å²) >= 11 is 0. The van der Waals surface area contributed by atoms with Crippen LogP contribution in [0, 0.1) is 5.92 Å². The molecule has 2 unspecified atom stereocenters. The number of esters is 1. The highest BCUT2D eigenvalue weighted by Gasteiger charge is 2.36. The topological polar surface area (TPSA) is 77.8 Å². The van der Waals surface area contributed by atoms with Gasteiger partial charge in [-0.3, -0.25) is 4.79 Å². The minimum Gasteiger partial charge on any atom is -0.497 e. The van der Waals surface area contributed by atoms with Crippen molar-refractivity contribution in [2.75, 3.05) is 19.5 Å². The number of furan rings is 1. The number of hydrogen-bond acceptors (Lipinski definition) is 5. The van der Waals surface area contributed by atoms with Crippen LogP contribution in [0.5, 0.6) is 5.75 Å². The second kappa shape index (κ2) is 7.47. The number of anilines is 1. The molecular formula is C20H21NO5. The number of ether oxygens (including phenoxy) is 2. The van der Waals surface area contributed by atoms with Crippen molar-refractivity contribution in [1.82, 2.24) is 0 Å². The van der Waals surface area contributed by atoms with E-state index in [-0.39, 0.29) is 11.5 Å². The second-order valence-corrected chi connectivity index (χ2v) is 6.29. The van der Waals surface area contributed by atoms with E-state index in [0.29, 0.717) is 29.0 Å². The van der Waals surface area contributed by atoms with E-state index in [1.165, 1.54) is 26.4 Å². The number of benzene rings is 1. The lowest BCUT2D eigenvalue weighted by Gasteiger charge is -2.10. The zero-order chi connectivity index (χ0) is 18.7. The molecule has 1 aliphatic carbocycles. The van der Waals surface area contributed by atoms with Crippen LogP contribution in [-0.4, -0.2) is 26.1 Å². The van der Waals surface area contributed by atoms with Crippen LogP contribution in [0.4, 0.5) is 5.69 Å². The van der Waals surface area contributed by atoms with Gasteiger partial charge in [-0.15, -0.1) is 0 Å². The molecule has 1 heterocycles. The number of nitrogens with one attached hydrogen (secondary N) is 1. The van der Waals surface area contributed by atoms with E-state index in [2.05, 4.69) is 12.2 Å². The second-order valence-electron chi connectivity index (χ2n) is 6.29. The number of rotatable bonds is 6. The van der Waals surface area contributed by atoms with Gasteiger partial charge in [-0.05, 0) is 48.7 Å². The number of carbonyl (C=O) groups is 2. The Kier molecular flexibility index (Phi) is 5.11. The van der Waals surface area contributed by atoms with Gasteiger partial charge in [0.15, 0.2) is 0 Å². The van der Waals surface area contributed by atoms with Crippen LogP contribution < -0.4 is 10.1 Å². The fraction of sp³-hybridized carbons (Fsp3) is 0.300. The van der Waals surface area contributed by atoms with Crippen LogP contribution in [-0.2, 0) is 9.53 Å². The Labute approximate surface area is 151 Å². The summed E-state index contributed by atoms with van der Waals surface area (Å²) in [5, 5.41) is 2.67. The summed E-state index contributed by atoms with van der Waals surface area (Å²) in [7, 11) is 2.78. The molecule has 0 saturated heterocycles. The van der Waals surface area contributed by atoms with Crippen molar-refractivity contribution in [1.29, 1.82) is 0 Å². The SMILES string of the molecule is COC(=O)c1cc(OC)ccc1NC(=O)/C=C/c1ccc(C2CC2C)o1. The molecule has 1 N–H and O–H groups in total. The molecule has 3 rings (SSSR count). The fourth-order valence-corrected chi connectivity index (χ4v) is 2.75. The number of amides is 1. The molecule has 1 saturated carbocycles. The molecule has 0 bridgehead atoms. The van der Waals surface area contributed by atoms with Crippen LogP contribution >= 0.6 is 0 Å². The molecule has 1 aromatic heterocycles. The number of methoxy groups -OCH3 is 2. The fourth-order valence-electron chi connectivity index (χ4n) is 2.75. The summed E-state index contributed by atoms with van der Waals surface area (Å²) in [6, 6.07) is 8.56. The Bertz CT molecular complexity index is 852. The Hall–Kier alpha value is -3.02. The quantitative estimate of drug-likeness (QED) is 0.629. The summed E-state index contributed by atoms with van der Waals surface area (Å²) in [5.41, 5.74) is 0.566. The van der Waals surface area contributed by atoms with Crippen LogP contribution in [0.2, 0.25) is 0 Å². The highest BCUT2D eigenvalue weighted by Crippen LogP contribution is 2.47. The highest BCUT2D eigenvalue weighted by atomic mass is 16.5. The van der Waals surface area contributed by atoms with Gasteiger partial charge in [0.1, 0.15) is 17.3 Å². The van der Waals surface area contributed by atoms with Gasteiger partial charge in [0.2, 0.25) is 5.91 Å². The molecule has 0 radical (unpaired) electrons. The summed E-state index contributed by atoms with van der Waals surface area (Å²) in [6.07, 6.45) is 4.11. The normalized spacial score (nSPS) is 18.6. The zero-order valence-electron chi connectivity index (χ0n) is 14.9. The van der Waals surface area contributed by atoms with Crippen LogP contribution in [0.25, 0.3) is 6.08 Å². The maximum atomic E-state index is 12.2. The van der Waals surface area contributed by atoms with Gasteiger partial charge >= 0.3 is 5.97 Å². The average molecular weight is 355 g/mol. The summed E-state index contributed by atoms with van der Waals surface area (Å²) in [6.45, 7) is 2.18. The first-order valence-corrected chi connectivity index (χ1v) is 8.37. The van der Waals surface area contributed by atoms with Crippen molar-refractivity contribution < 1.29 is 23.5 Å². The van der Waals surface area contributed by atoms with Crippen molar-refractivity contribution in [3.63, 3.8) is 0 Å². The third-order valence-corrected chi connectivity index (χ3v) is 4.41. The third-order valence-electron chi connectivity index (χ3n) is 4.41.